The predicted molar refractivity (Wildman–Crippen MR) is 101 cm³/mol. The number of imidazole rings is 1. The molecule has 0 aliphatic carbocycles. The van der Waals surface area contributed by atoms with Crippen molar-refractivity contribution >= 4 is 11.0 Å². The van der Waals surface area contributed by atoms with Gasteiger partial charge >= 0.3 is 6.01 Å². The normalized spacial score (nSPS) is 11.3. The number of aromatic nitrogens is 2. The molecule has 2 aromatic carbocycles. The summed E-state index contributed by atoms with van der Waals surface area (Å²) in [6.45, 7) is 6.45. The monoisotopic (exact) mass is 337 g/mol. The summed E-state index contributed by atoms with van der Waals surface area (Å²) in [4.78, 5) is 4.74. The highest BCUT2D eigenvalue weighted by molar-refractivity contribution is 5.86. The zero-order valence-corrected chi connectivity index (χ0v) is 15.6. The lowest BCUT2D eigenvalue weighted by molar-refractivity contribution is 0.415. The molecule has 0 saturated heterocycles. The van der Waals surface area contributed by atoms with Crippen LogP contribution in [0.3, 0.4) is 0 Å². The number of fused-ring (bicyclic) bond motifs is 1. The molecule has 4 nitrogen and oxygen atoms in total. The van der Waals surface area contributed by atoms with E-state index in [0.717, 1.165) is 40.9 Å². The molecule has 0 aliphatic rings. The maximum atomic E-state index is 6.10. The highest BCUT2D eigenvalue weighted by Gasteiger charge is 2.21. The van der Waals surface area contributed by atoms with E-state index < -0.39 is 0 Å². The molecule has 1 aromatic heterocycles. The Morgan fingerprint density at radius 2 is 1.92 bits per heavy atom. The van der Waals surface area contributed by atoms with E-state index in [4.69, 9.17) is 14.5 Å². The SMILES string of the molecule is CCC(CC)c1ccc(OC)c2nc(Oc3cc[c]cc3C)n(C)c12. The molecule has 3 rings (SSSR count). The largest absolute Gasteiger partial charge is 0.494 e. The van der Waals surface area contributed by atoms with Crippen molar-refractivity contribution in [2.24, 2.45) is 7.05 Å². The van der Waals surface area contributed by atoms with Crippen LogP contribution < -0.4 is 9.47 Å². The lowest BCUT2D eigenvalue weighted by Gasteiger charge is -2.16. The molecule has 1 radical (unpaired) electrons. The van der Waals surface area contributed by atoms with Gasteiger partial charge in [-0.1, -0.05) is 26.0 Å². The van der Waals surface area contributed by atoms with Gasteiger partial charge in [-0.05, 0) is 61.1 Å². The van der Waals surface area contributed by atoms with Gasteiger partial charge in [-0.25, -0.2) is 0 Å². The van der Waals surface area contributed by atoms with Crippen molar-refractivity contribution in [1.29, 1.82) is 0 Å². The van der Waals surface area contributed by atoms with Crippen LogP contribution in [0.15, 0.2) is 30.3 Å². The number of rotatable bonds is 6. The molecule has 0 aliphatic heterocycles. The van der Waals surface area contributed by atoms with E-state index in [1.54, 1.807) is 7.11 Å². The number of nitrogens with zero attached hydrogens (tertiary/aromatic N) is 2. The summed E-state index contributed by atoms with van der Waals surface area (Å²) < 4.78 is 13.7. The molecule has 0 N–H and O–H groups in total. The van der Waals surface area contributed by atoms with E-state index in [-0.39, 0.29) is 0 Å². The fourth-order valence-electron chi connectivity index (χ4n) is 3.33. The minimum Gasteiger partial charge on any atom is -0.494 e. The van der Waals surface area contributed by atoms with E-state index in [1.807, 2.05) is 42.8 Å². The highest BCUT2D eigenvalue weighted by Crippen LogP contribution is 2.37. The summed E-state index contributed by atoms with van der Waals surface area (Å²) in [7, 11) is 3.68. The smallest absolute Gasteiger partial charge is 0.302 e. The number of hydrogen-bond acceptors (Lipinski definition) is 3. The molecule has 25 heavy (non-hydrogen) atoms. The standard InChI is InChI=1S/C21H25N2O2/c1-6-15(7-2)16-12-13-18(24-5)19-20(16)23(4)21(22-19)25-17-11-9-8-10-14(17)3/h9-13,15H,6-7H2,1-5H3. The van der Waals surface area contributed by atoms with Crippen molar-refractivity contribution in [3.63, 3.8) is 0 Å². The molecule has 0 fully saturated rings. The van der Waals surface area contributed by atoms with Gasteiger partial charge in [-0.3, -0.25) is 4.57 Å². The van der Waals surface area contributed by atoms with Crippen LogP contribution in [0, 0.1) is 13.0 Å². The zero-order chi connectivity index (χ0) is 18.0. The fourth-order valence-corrected chi connectivity index (χ4v) is 3.33. The van der Waals surface area contributed by atoms with Gasteiger partial charge in [0.1, 0.15) is 17.0 Å². The molecular weight excluding hydrogens is 312 g/mol. The second-order valence-electron chi connectivity index (χ2n) is 6.31. The zero-order valence-electron chi connectivity index (χ0n) is 15.6. The maximum Gasteiger partial charge on any atom is 0.302 e. The van der Waals surface area contributed by atoms with Crippen LogP contribution in [0.1, 0.15) is 43.7 Å². The van der Waals surface area contributed by atoms with Crippen molar-refractivity contribution < 1.29 is 9.47 Å². The summed E-state index contributed by atoms with van der Waals surface area (Å²) in [5.74, 6) is 2.05. The minimum atomic E-state index is 0.490. The molecular formula is C21H25N2O2. The Bertz CT molecular complexity index is 879. The van der Waals surface area contributed by atoms with Crippen LogP contribution in [-0.4, -0.2) is 16.7 Å². The van der Waals surface area contributed by atoms with Crippen molar-refractivity contribution in [3.8, 4) is 17.5 Å². The lowest BCUT2D eigenvalue weighted by Crippen LogP contribution is -2.01. The average Bonchev–Trinajstić information content (AvgIpc) is 2.95. The third-order valence-electron chi connectivity index (χ3n) is 4.84. The maximum absolute atomic E-state index is 6.10. The number of hydrogen-bond donors (Lipinski definition) is 0. The molecule has 0 saturated carbocycles. The van der Waals surface area contributed by atoms with E-state index in [0.29, 0.717) is 11.9 Å². The van der Waals surface area contributed by atoms with Crippen LogP contribution >= 0.6 is 0 Å². The first-order valence-corrected chi connectivity index (χ1v) is 8.78. The van der Waals surface area contributed by atoms with Crippen LogP contribution in [0.4, 0.5) is 0 Å². The van der Waals surface area contributed by atoms with Gasteiger partial charge in [0.15, 0.2) is 0 Å². The second kappa shape index (κ2) is 7.18. The van der Waals surface area contributed by atoms with Crippen molar-refractivity contribution in [1.82, 2.24) is 9.55 Å². The van der Waals surface area contributed by atoms with Crippen molar-refractivity contribution in [2.45, 2.75) is 39.5 Å². The summed E-state index contributed by atoms with van der Waals surface area (Å²) >= 11 is 0. The molecule has 131 valence electrons. The summed E-state index contributed by atoms with van der Waals surface area (Å²) in [5, 5.41) is 0. The first-order valence-electron chi connectivity index (χ1n) is 8.78. The van der Waals surface area contributed by atoms with Crippen LogP contribution in [-0.2, 0) is 7.05 Å². The Morgan fingerprint density at radius 1 is 1.16 bits per heavy atom. The minimum absolute atomic E-state index is 0.490. The third kappa shape index (κ3) is 3.09. The van der Waals surface area contributed by atoms with E-state index >= 15 is 0 Å². The number of ether oxygens (including phenoxy) is 2. The van der Waals surface area contributed by atoms with Gasteiger partial charge in [0.05, 0.1) is 12.6 Å². The molecule has 0 spiro atoms. The Hall–Kier alpha value is -2.49. The highest BCUT2D eigenvalue weighted by atomic mass is 16.5. The number of benzene rings is 2. The van der Waals surface area contributed by atoms with Gasteiger partial charge in [-0.15, -0.1) is 0 Å². The quantitative estimate of drug-likeness (QED) is 0.605. The molecule has 1 heterocycles. The molecule has 3 aromatic rings. The van der Waals surface area contributed by atoms with Gasteiger partial charge in [0, 0.05) is 7.05 Å². The Morgan fingerprint density at radius 3 is 2.56 bits per heavy atom. The Balaban J connectivity index is 2.17. The molecule has 0 amide bonds. The Labute approximate surface area is 149 Å². The molecule has 4 heteroatoms. The van der Waals surface area contributed by atoms with Gasteiger partial charge < -0.3 is 9.47 Å². The second-order valence-corrected chi connectivity index (χ2v) is 6.31. The van der Waals surface area contributed by atoms with Crippen LogP contribution in [0.5, 0.6) is 17.5 Å². The van der Waals surface area contributed by atoms with Crippen molar-refractivity contribution in [3.05, 3.63) is 47.5 Å². The van der Waals surface area contributed by atoms with Crippen LogP contribution in [0.2, 0.25) is 0 Å². The van der Waals surface area contributed by atoms with Gasteiger partial charge in [0.25, 0.3) is 0 Å². The summed E-state index contributed by atoms with van der Waals surface area (Å²) in [6, 6.07) is 13.5. The predicted octanol–water partition coefficient (Wildman–Crippen LogP) is 5.39. The average molecular weight is 337 g/mol. The first-order chi connectivity index (χ1) is 12.1. The van der Waals surface area contributed by atoms with Gasteiger partial charge in [0.2, 0.25) is 0 Å². The van der Waals surface area contributed by atoms with E-state index in [9.17, 15) is 0 Å². The van der Waals surface area contributed by atoms with Crippen LogP contribution in [0.25, 0.3) is 11.0 Å². The van der Waals surface area contributed by atoms with E-state index in [1.165, 1.54) is 5.56 Å². The van der Waals surface area contributed by atoms with E-state index in [2.05, 4.69) is 26.0 Å². The van der Waals surface area contributed by atoms with Gasteiger partial charge in [-0.2, -0.15) is 4.98 Å². The molecule has 0 unspecified atom stereocenters. The number of methoxy groups -OCH3 is 1. The number of aryl methyl sites for hydroxylation is 2. The lowest BCUT2D eigenvalue weighted by atomic mass is 9.92. The fraction of sp³-hybridized carbons (Fsp3) is 0.381. The van der Waals surface area contributed by atoms with Crippen molar-refractivity contribution in [2.75, 3.05) is 7.11 Å². The molecule has 0 atom stereocenters. The Kier molecular flexibility index (Phi) is 4.98. The summed E-state index contributed by atoms with van der Waals surface area (Å²) in [5.41, 5.74) is 4.26. The topological polar surface area (TPSA) is 36.3 Å². The first kappa shape index (κ1) is 17.3. The third-order valence-corrected chi connectivity index (χ3v) is 4.84. The molecule has 0 bridgehead atoms. The summed E-state index contributed by atoms with van der Waals surface area (Å²) in [6.07, 6.45) is 2.18.